The number of amides is 3. The fraction of sp³-hybridized carbons (Fsp3) is 0.357. The van der Waals surface area contributed by atoms with Crippen molar-refractivity contribution in [1.82, 2.24) is 10.2 Å². The van der Waals surface area contributed by atoms with Crippen molar-refractivity contribution in [1.29, 1.82) is 0 Å². The van der Waals surface area contributed by atoms with Crippen LogP contribution in [0.25, 0.3) is 0 Å². The number of nitrogens with one attached hydrogen (secondary N) is 2. The summed E-state index contributed by atoms with van der Waals surface area (Å²) in [7, 11) is 1.70. The van der Waals surface area contributed by atoms with Gasteiger partial charge in [-0.2, -0.15) is 0 Å². The molecule has 0 aliphatic carbocycles. The third-order valence-corrected chi connectivity index (χ3v) is 3.19. The molecule has 1 saturated heterocycles. The molecule has 1 aliphatic heterocycles. The van der Waals surface area contributed by atoms with E-state index in [-0.39, 0.29) is 24.3 Å². The summed E-state index contributed by atoms with van der Waals surface area (Å²) in [6.07, 6.45) is 0.751. The molecule has 2 rings (SSSR count). The number of rotatable bonds is 4. The molecule has 1 aromatic carbocycles. The first-order chi connectivity index (χ1) is 9.56. The summed E-state index contributed by atoms with van der Waals surface area (Å²) in [5.74, 6) is -0.784. The molecule has 2 N–H and O–H groups in total. The van der Waals surface area contributed by atoms with Crippen LogP contribution in [0.3, 0.4) is 0 Å². The molecule has 1 unspecified atom stereocenters. The number of likely N-dealkylation sites (N-methyl/N-ethyl adjacent to an activating group) is 1. The van der Waals surface area contributed by atoms with Crippen LogP contribution in [-0.2, 0) is 14.4 Å². The van der Waals surface area contributed by atoms with Gasteiger partial charge >= 0.3 is 0 Å². The lowest BCUT2D eigenvalue weighted by Crippen LogP contribution is -2.52. The average Bonchev–Trinajstić information content (AvgIpc) is 2.39. The molecule has 1 aliphatic rings. The molecule has 0 bridgehead atoms. The topological polar surface area (TPSA) is 78.5 Å². The van der Waals surface area contributed by atoms with Gasteiger partial charge < -0.3 is 5.32 Å². The maximum atomic E-state index is 11.9. The van der Waals surface area contributed by atoms with Gasteiger partial charge in [-0.15, -0.1) is 0 Å². The van der Waals surface area contributed by atoms with Gasteiger partial charge in [-0.3, -0.25) is 24.6 Å². The highest BCUT2D eigenvalue weighted by Crippen LogP contribution is 2.11. The van der Waals surface area contributed by atoms with Crippen molar-refractivity contribution >= 4 is 23.4 Å². The number of carbonyl (C=O) groups excluding carboxylic acids is 3. The Bertz CT molecular complexity index is 516. The van der Waals surface area contributed by atoms with Crippen LogP contribution in [0.15, 0.2) is 30.3 Å². The Morgan fingerprint density at radius 1 is 1.35 bits per heavy atom. The van der Waals surface area contributed by atoms with Crippen molar-refractivity contribution in [3.05, 3.63) is 30.3 Å². The minimum atomic E-state index is -0.436. The van der Waals surface area contributed by atoms with Gasteiger partial charge in [0.2, 0.25) is 17.7 Å². The fourth-order valence-corrected chi connectivity index (χ4v) is 2.16. The van der Waals surface area contributed by atoms with Gasteiger partial charge in [0.1, 0.15) is 0 Å². The first-order valence-electron chi connectivity index (χ1n) is 6.45. The Balaban J connectivity index is 1.88. The lowest BCUT2D eigenvalue weighted by Gasteiger charge is -2.29. The van der Waals surface area contributed by atoms with Gasteiger partial charge in [-0.05, 0) is 25.6 Å². The van der Waals surface area contributed by atoms with Gasteiger partial charge in [0.05, 0.1) is 12.6 Å². The second-order valence-electron chi connectivity index (χ2n) is 4.80. The monoisotopic (exact) mass is 275 g/mol. The second-order valence-corrected chi connectivity index (χ2v) is 4.80. The summed E-state index contributed by atoms with van der Waals surface area (Å²) in [5, 5.41) is 5.04. The largest absolute Gasteiger partial charge is 0.325 e. The molecule has 0 saturated carbocycles. The van der Waals surface area contributed by atoms with Crippen LogP contribution >= 0.6 is 0 Å². The van der Waals surface area contributed by atoms with Gasteiger partial charge in [0, 0.05) is 12.1 Å². The zero-order chi connectivity index (χ0) is 14.5. The van der Waals surface area contributed by atoms with Crippen molar-refractivity contribution in [2.24, 2.45) is 0 Å². The minimum absolute atomic E-state index is 0.0984. The number of piperidine rings is 1. The highest BCUT2D eigenvalue weighted by molar-refractivity contribution is 6.00. The number of hydrogen-bond donors (Lipinski definition) is 2. The summed E-state index contributed by atoms with van der Waals surface area (Å²) < 4.78 is 0. The molecule has 0 aromatic heterocycles. The molecule has 0 spiro atoms. The normalized spacial score (nSPS) is 18.8. The molecule has 6 heteroatoms. The van der Waals surface area contributed by atoms with E-state index in [0.717, 1.165) is 0 Å². The highest BCUT2D eigenvalue weighted by atomic mass is 16.2. The van der Waals surface area contributed by atoms with E-state index in [1.54, 1.807) is 24.1 Å². The van der Waals surface area contributed by atoms with Crippen molar-refractivity contribution in [2.45, 2.75) is 18.9 Å². The number of para-hydroxylation sites is 1. The quantitative estimate of drug-likeness (QED) is 0.778. The van der Waals surface area contributed by atoms with Crippen molar-refractivity contribution in [3.63, 3.8) is 0 Å². The number of anilines is 1. The lowest BCUT2D eigenvalue weighted by atomic mass is 10.1. The van der Waals surface area contributed by atoms with Crippen LogP contribution in [-0.4, -0.2) is 42.3 Å². The molecular weight excluding hydrogens is 258 g/mol. The predicted molar refractivity (Wildman–Crippen MR) is 73.9 cm³/mol. The molecule has 0 radical (unpaired) electrons. The third-order valence-electron chi connectivity index (χ3n) is 3.19. The fourth-order valence-electron chi connectivity index (χ4n) is 2.16. The zero-order valence-corrected chi connectivity index (χ0v) is 11.3. The SMILES string of the molecule is CN(CC(=O)Nc1ccccc1)C1CCC(=O)NC1=O. The Hall–Kier alpha value is -2.21. The molecule has 1 atom stereocenters. The second kappa shape index (κ2) is 6.29. The van der Waals surface area contributed by atoms with Gasteiger partial charge in [0.15, 0.2) is 0 Å². The van der Waals surface area contributed by atoms with Gasteiger partial charge in [-0.1, -0.05) is 18.2 Å². The van der Waals surface area contributed by atoms with Crippen LogP contribution in [0.2, 0.25) is 0 Å². The predicted octanol–water partition coefficient (Wildman–Crippen LogP) is 0.362. The lowest BCUT2D eigenvalue weighted by molar-refractivity contribution is -0.137. The van der Waals surface area contributed by atoms with E-state index >= 15 is 0 Å². The molecule has 1 aromatic rings. The van der Waals surface area contributed by atoms with E-state index in [0.29, 0.717) is 18.5 Å². The molecule has 1 heterocycles. The Morgan fingerprint density at radius 3 is 2.70 bits per heavy atom. The first kappa shape index (κ1) is 14.2. The summed E-state index contributed by atoms with van der Waals surface area (Å²) >= 11 is 0. The highest BCUT2D eigenvalue weighted by Gasteiger charge is 2.30. The Morgan fingerprint density at radius 2 is 2.05 bits per heavy atom. The summed E-state index contributed by atoms with van der Waals surface area (Å²) in [4.78, 5) is 36.3. The number of nitrogens with zero attached hydrogens (tertiary/aromatic N) is 1. The van der Waals surface area contributed by atoms with Crippen molar-refractivity contribution in [3.8, 4) is 0 Å². The minimum Gasteiger partial charge on any atom is -0.325 e. The molecule has 106 valence electrons. The molecule has 20 heavy (non-hydrogen) atoms. The smallest absolute Gasteiger partial charge is 0.243 e. The van der Waals surface area contributed by atoms with Crippen LogP contribution < -0.4 is 10.6 Å². The summed E-state index contributed by atoms with van der Waals surface area (Å²) in [6, 6.07) is 8.69. The Labute approximate surface area is 117 Å². The maximum Gasteiger partial charge on any atom is 0.243 e. The van der Waals surface area contributed by atoms with E-state index in [2.05, 4.69) is 10.6 Å². The molecular formula is C14H17N3O3. The molecule has 6 nitrogen and oxygen atoms in total. The van der Waals surface area contributed by atoms with Crippen molar-refractivity contribution in [2.75, 3.05) is 18.9 Å². The van der Waals surface area contributed by atoms with Gasteiger partial charge in [-0.25, -0.2) is 0 Å². The summed E-state index contributed by atoms with van der Waals surface area (Å²) in [6.45, 7) is 0.0984. The van der Waals surface area contributed by atoms with Crippen LogP contribution in [0.1, 0.15) is 12.8 Å². The molecule has 1 fully saturated rings. The number of carbonyl (C=O) groups is 3. The average molecular weight is 275 g/mol. The first-order valence-corrected chi connectivity index (χ1v) is 6.45. The zero-order valence-electron chi connectivity index (χ0n) is 11.3. The van der Waals surface area contributed by atoms with Crippen LogP contribution in [0.5, 0.6) is 0 Å². The van der Waals surface area contributed by atoms with E-state index in [1.807, 2.05) is 18.2 Å². The van der Waals surface area contributed by atoms with E-state index in [9.17, 15) is 14.4 Å². The van der Waals surface area contributed by atoms with E-state index in [4.69, 9.17) is 0 Å². The number of imide groups is 1. The Kier molecular flexibility index (Phi) is 4.47. The number of benzene rings is 1. The summed E-state index contributed by atoms with van der Waals surface area (Å²) in [5.41, 5.74) is 0.717. The van der Waals surface area contributed by atoms with E-state index < -0.39 is 6.04 Å². The van der Waals surface area contributed by atoms with Crippen LogP contribution in [0.4, 0.5) is 5.69 Å². The number of hydrogen-bond acceptors (Lipinski definition) is 4. The third kappa shape index (κ3) is 3.64. The van der Waals surface area contributed by atoms with Crippen molar-refractivity contribution < 1.29 is 14.4 Å². The standard InChI is InChI=1S/C14H17N3O3/c1-17(11-7-8-12(18)16-14(11)20)9-13(19)15-10-5-3-2-4-6-10/h2-6,11H,7-9H2,1H3,(H,15,19)(H,16,18,20). The van der Waals surface area contributed by atoms with Gasteiger partial charge in [0.25, 0.3) is 0 Å². The van der Waals surface area contributed by atoms with E-state index in [1.165, 1.54) is 0 Å². The van der Waals surface area contributed by atoms with Crippen LogP contribution in [0, 0.1) is 0 Å². The molecule has 3 amide bonds. The maximum absolute atomic E-state index is 11.9.